The van der Waals surface area contributed by atoms with Crippen LogP contribution >= 0.6 is 11.8 Å². The fourth-order valence-corrected chi connectivity index (χ4v) is 1.49. The van der Waals surface area contributed by atoms with Gasteiger partial charge in [0.1, 0.15) is 0 Å². The molecule has 1 rings (SSSR count). The number of nitrogens with one attached hydrogen (secondary N) is 1. The van der Waals surface area contributed by atoms with Gasteiger partial charge in [-0.3, -0.25) is 0 Å². The average molecular weight is 194 g/mol. The molecule has 12 heavy (non-hydrogen) atoms. The van der Waals surface area contributed by atoms with Gasteiger partial charge >= 0.3 is 6.18 Å². The first-order valence-corrected chi connectivity index (χ1v) is 4.21. The first-order chi connectivity index (χ1) is 5.55. The van der Waals surface area contributed by atoms with Gasteiger partial charge in [-0.2, -0.15) is 13.2 Å². The summed E-state index contributed by atoms with van der Waals surface area (Å²) in [5.41, 5.74) is -0.615. The molecule has 0 saturated heterocycles. The van der Waals surface area contributed by atoms with Gasteiger partial charge in [-0.05, 0) is 18.7 Å². The van der Waals surface area contributed by atoms with Crippen LogP contribution in [0.3, 0.4) is 0 Å². The molecule has 67 valence electrons. The quantitative estimate of drug-likeness (QED) is 0.715. The Morgan fingerprint density at radius 2 is 2.17 bits per heavy atom. The molecule has 0 aliphatic rings. The van der Waals surface area contributed by atoms with E-state index in [9.17, 15) is 13.2 Å². The lowest BCUT2D eigenvalue weighted by Gasteiger charge is -2.05. The number of hydrogen-bond acceptors (Lipinski definition) is 1. The van der Waals surface area contributed by atoms with Gasteiger partial charge in [-0.15, -0.1) is 11.8 Å². The molecule has 0 amide bonds. The largest absolute Gasteiger partial charge is 0.418 e. The fraction of sp³-hybridized carbons (Fsp3) is 0.286. The van der Waals surface area contributed by atoms with E-state index in [-0.39, 0.29) is 5.03 Å². The highest BCUT2D eigenvalue weighted by Gasteiger charge is 2.33. The Hall–Kier alpha value is -0.580. The lowest BCUT2D eigenvalue weighted by Crippen LogP contribution is -2.04. The Morgan fingerprint density at radius 3 is 2.67 bits per heavy atom. The Morgan fingerprint density at radius 1 is 1.50 bits per heavy atom. The van der Waals surface area contributed by atoms with E-state index in [0.29, 0.717) is 5.75 Å². The molecule has 1 aromatic rings. The molecule has 0 fully saturated rings. The molecule has 0 bridgehead atoms. The molecule has 5 heteroatoms. The van der Waals surface area contributed by atoms with Gasteiger partial charge in [0.2, 0.25) is 0 Å². The molecule has 1 aromatic heterocycles. The molecule has 1 heterocycles. The van der Waals surface area contributed by atoms with Gasteiger partial charge in [0, 0.05) is 6.20 Å². The van der Waals surface area contributed by atoms with E-state index in [4.69, 9.17) is 0 Å². The SMILES string of the molecule is [CH2]CSc1[nH]ccc1C(F)(F)F. The molecule has 0 aliphatic heterocycles. The Labute approximate surface area is 72.4 Å². The third kappa shape index (κ3) is 1.97. The lowest BCUT2D eigenvalue weighted by atomic mass is 10.3. The molecule has 1 N–H and O–H groups in total. The number of halogens is 3. The van der Waals surface area contributed by atoms with Crippen LogP contribution in [0.15, 0.2) is 17.3 Å². The number of hydrogen-bond donors (Lipinski definition) is 1. The van der Waals surface area contributed by atoms with Crippen molar-refractivity contribution < 1.29 is 13.2 Å². The Bertz CT molecular complexity index is 253. The van der Waals surface area contributed by atoms with Gasteiger partial charge in [-0.1, -0.05) is 0 Å². The number of aromatic amines is 1. The molecular weight excluding hydrogens is 187 g/mol. The molecule has 0 saturated carbocycles. The lowest BCUT2D eigenvalue weighted by molar-refractivity contribution is -0.139. The maximum Gasteiger partial charge on any atom is 0.418 e. The van der Waals surface area contributed by atoms with Crippen LogP contribution in [0.4, 0.5) is 13.2 Å². The van der Waals surface area contributed by atoms with Crippen molar-refractivity contribution in [3.8, 4) is 0 Å². The summed E-state index contributed by atoms with van der Waals surface area (Å²) in [7, 11) is 0. The summed E-state index contributed by atoms with van der Waals surface area (Å²) in [5, 5.41) is 0.137. The second-order valence-corrected chi connectivity index (χ2v) is 3.17. The summed E-state index contributed by atoms with van der Waals surface area (Å²) >= 11 is 1.05. The van der Waals surface area contributed by atoms with Crippen molar-refractivity contribution in [3.63, 3.8) is 0 Å². The van der Waals surface area contributed by atoms with E-state index in [1.165, 1.54) is 6.20 Å². The van der Waals surface area contributed by atoms with Gasteiger partial charge in [-0.25, -0.2) is 0 Å². The smallest absolute Gasteiger partial charge is 0.356 e. The van der Waals surface area contributed by atoms with Crippen LogP contribution in [0.2, 0.25) is 0 Å². The third-order valence-electron chi connectivity index (χ3n) is 1.26. The maximum atomic E-state index is 12.2. The topological polar surface area (TPSA) is 15.8 Å². The van der Waals surface area contributed by atoms with E-state index in [2.05, 4.69) is 11.9 Å². The molecule has 0 atom stereocenters. The first kappa shape index (κ1) is 9.51. The van der Waals surface area contributed by atoms with Crippen LogP contribution in [0, 0.1) is 6.92 Å². The van der Waals surface area contributed by atoms with Crippen molar-refractivity contribution >= 4 is 11.8 Å². The van der Waals surface area contributed by atoms with Crippen LogP contribution in [0.5, 0.6) is 0 Å². The van der Waals surface area contributed by atoms with Gasteiger partial charge < -0.3 is 4.98 Å². The molecular formula is C7H7F3NS. The van der Waals surface area contributed by atoms with Crippen LogP contribution < -0.4 is 0 Å². The number of rotatable bonds is 2. The van der Waals surface area contributed by atoms with Gasteiger partial charge in [0.05, 0.1) is 10.6 Å². The zero-order valence-electron chi connectivity index (χ0n) is 6.11. The summed E-state index contributed by atoms with van der Waals surface area (Å²) in [6.07, 6.45) is -2.99. The van der Waals surface area contributed by atoms with Crippen molar-refractivity contribution in [1.29, 1.82) is 0 Å². The highest BCUT2D eigenvalue weighted by molar-refractivity contribution is 7.99. The number of H-pyrrole nitrogens is 1. The highest BCUT2D eigenvalue weighted by atomic mass is 32.2. The summed E-state index contributed by atoms with van der Waals surface area (Å²) in [6, 6.07) is 1.03. The molecule has 1 nitrogen and oxygen atoms in total. The van der Waals surface area contributed by atoms with Crippen molar-refractivity contribution in [3.05, 3.63) is 24.8 Å². The van der Waals surface area contributed by atoms with Crippen molar-refractivity contribution in [2.45, 2.75) is 11.2 Å². The number of aromatic nitrogens is 1. The summed E-state index contributed by atoms with van der Waals surface area (Å²) in [6.45, 7) is 3.46. The minimum absolute atomic E-state index is 0.137. The minimum Gasteiger partial charge on any atom is -0.356 e. The zero-order valence-corrected chi connectivity index (χ0v) is 6.93. The predicted molar refractivity (Wildman–Crippen MR) is 41.9 cm³/mol. The van der Waals surface area contributed by atoms with Crippen molar-refractivity contribution in [1.82, 2.24) is 4.98 Å². The molecule has 0 spiro atoms. The Kier molecular flexibility index (Phi) is 2.72. The Balaban J connectivity index is 2.91. The minimum atomic E-state index is -4.27. The number of thioether (sulfide) groups is 1. The van der Waals surface area contributed by atoms with E-state index in [0.717, 1.165) is 17.8 Å². The van der Waals surface area contributed by atoms with Crippen LogP contribution in [0.25, 0.3) is 0 Å². The van der Waals surface area contributed by atoms with Crippen molar-refractivity contribution in [2.75, 3.05) is 5.75 Å². The van der Waals surface area contributed by atoms with Crippen LogP contribution in [0.1, 0.15) is 5.56 Å². The van der Waals surface area contributed by atoms with Crippen LogP contribution in [-0.4, -0.2) is 10.7 Å². The third-order valence-corrected chi connectivity index (χ3v) is 2.09. The first-order valence-electron chi connectivity index (χ1n) is 3.22. The number of alkyl halides is 3. The predicted octanol–water partition coefficient (Wildman–Crippen LogP) is 2.96. The van der Waals surface area contributed by atoms with E-state index >= 15 is 0 Å². The average Bonchev–Trinajstić information content (AvgIpc) is 2.34. The molecule has 1 radical (unpaired) electrons. The van der Waals surface area contributed by atoms with E-state index < -0.39 is 11.7 Å². The molecule has 0 aromatic carbocycles. The van der Waals surface area contributed by atoms with Gasteiger partial charge in [0.15, 0.2) is 0 Å². The summed E-state index contributed by atoms with van der Waals surface area (Å²) < 4.78 is 36.5. The zero-order chi connectivity index (χ0) is 9.19. The molecule has 0 unspecified atom stereocenters. The maximum absolute atomic E-state index is 12.2. The summed E-state index contributed by atoms with van der Waals surface area (Å²) in [5.74, 6) is 0.379. The van der Waals surface area contributed by atoms with E-state index in [1.807, 2.05) is 0 Å². The highest BCUT2D eigenvalue weighted by Crippen LogP contribution is 2.35. The fourth-order valence-electron chi connectivity index (χ4n) is 0.799. The van der Waals surface area contributed by atoms with Gasteiger partial charge in [0.25, 0.3) is 0 Å². The molecule has 0 aliphatic carbocycles. The van der Waals surface area contributed by atoms with E-state index in [1.54, 1.807) is 0 Å². The normalized spacial score (nSPS) is 12.0. The monoisotopic (exact) mass is 194 g/mol. The second kappa shape index (κ2) is 3.43. The van der Waals surface area contributed by atoms with Crippen LogP contribution in [-0.2, 0) is 6.18 Å². The standard InChI is InChI=1S/C7H7F3NS/c1-2-12-6-5(3-4-11-6)7(8,9)10/h3-4,11H,1-2H2. The van der Waals surface area contributed by atoms with Crippen molar-refractivity contribution in [2.24, 2.45) is 0 Å². The summed E-state index contributed by atoms with van der Waals surface area (Å²) in [4.78, 5) is 2.52. The second-order valence-electron chi connectivity index (χ2n) is 2.07.